The van der Waals surface area contributed by atoms with Gasteiger partial charge in [0.1, 0.15) is 11.5 Å². The molecule has 0 saturated heterocycles. The van der Waals surface area contributed by atoms with Gasteiger partial charge in [0.25, 0.3) is 11.8 Å². The van der Waals surface area contributed by atoms with Crippen LogP contribution in [0.5, 0.6) is 11.5 Å². The minimum absolute atomic E-state index is 0.0158. The van der Waals surface area contributed by atoms with Gasteiger partial charge in [0.15, 0.2) is 5.11 Å². The molecular weight excluding hydrogens is 426 g/mol. The molecule has 172 valence electrons. The van der Waals surface area contributed by atoms with E-state index in [1.165, 1.54) is 12.8 Å². The van der Waals surface area contributed by atoms with Gasteiger partial charge in [-0.05, 0) is 81.0 Å². The van der Waals surface area contributed by atoms with Gasteiger partial charge in [-0.15, -0.1) is 0 Å². The van der Waals surface area contributed by atoms with E-state index < -0.39 is 5.91 Å². The van der Waals surface area contributed by atoms with Gasteiger partial charge in [0, 0.05) is 11.1 Å². The highest BCUT2D eigenvalue weighted by Gasteiger charge is 2.10. The summed E-state index contributed by atoms with van der Waals surface area (Å²) in [5.41, 5.74) is 5.85. The highest BCUT2D eigenvalue weighted by Crippen LogP contribution is 2.14. The second-order valence-corrected chi connectivity index (χ2v) is 7.90. The van der Waals surface area contributed by atoms with E-state index in [1.807, 2.05) is 13.8 Å². The molecule has 8 heteroatoms. The van der Waals surface area contributed by atoms with Gasteiger partial charge < -0.3 is 9.47 Å². The van der Waals surface area contributed by atoms with Gasteiger partial charge in [-0.1, -0.05) is 26.2 Å². The number of benzene rings is 2. The highest BCUT2D eigenvalue weighted by molar-refractivity contribution is 7.80. The van der Waals surface area contributed by atoms with Crippen molar-refractivity contribution in [2.75, 3.05) is 6.61 Å². The molecule has 0 atom stereocenters. The van der Waals surface area contributed by atoms with E-state index in [0.29, 0.717) is 23.5 Å². The fourth-order valence-electron chi connectivity index (χ4n) is 2.77. The lowest BCUT2D eigenvalue weighted by atomic mass is 10.2. The molecule has 0 fully saturated rings. The van der Waals surface area contributed by atoms with E-state index in [1.54, 1.807) is 48.5 Å². The summed E-state index contributed by atoms with van der Waals surface area (Å²) < 4.78 is 11.2. The zero-order valence-electron chi connectivity index (χ0n) is 18.8. The molecule has 0 heterocycles. The minimum atomic E-state index is -0.395. The van der Waals surface area contributed by atoms with E-state index in [-0.39, 0.29) is 17.1 Å². The third-order valence-corrected chi connectivity index (χ3v) is 4.59. The molecule has 0 aliphatic rings. The summed E-state index contributed by atoms with van der Waals surface area (Å²) in [4.78, 5) is 24.6. The molecule has 0 saturated carbocycles. The summed E-state index contributed by atoms with van der Waals surface area (Å²) in [6, 6.07) is 13.5. The van der Waals surface area contributed by atoms with Crippen molar-refractivity contribution in [1.29, 1.82) is 0 Å². The van der Waals surface area contributed by atoms with Gasteiger partial charge >= 0.3 is 0 Å². The second-order valence-electron chi connectivity index (χ2n) is 7.49. The van der Waals surface area contributed by atoms with Crippen molar-refractivity contribution in [3.05, 3.63) is 59.7 Å². The van der Waals surface area contributed by atoms with E-state index in [9.17, 15) is 9.59 Å². The Balaban J connectivity index is 1.75. The van der Waals surface area contributed by atoms with Crippen LogP contribution in [0.2, 0.25) is 0 Å². The van der Waals surface area contributed by atoms with Crippen LogP contribution in [0.15, 0.2) is 48.5 Å². The van der Waals surface area contributed by atoms with Crippen LogP contribution < -0.4 is 25.6 Å². The highest BCUT2D eigenvalue weighted by atomic mass is 32.1. The molecule has 0 bridgehead atoms. The molecule has 0 radical (unpaired) electrons. The Morgan fingerprint density at radius 3 is 2.03 bits per heavy atom. The van der Waals surface area contributed by atoms with Crippen molar-refractivity contribution in [1.82, 2.24) is 16.2 Å². The average Bonchev–Trinajstić information content (AvgIpc) is 2.78. The van der Waals surface area contributed by atoms with Crippen LogP contribution in [0.4, 0.5) is 0 Å². The molecular formula is C24H31N3O4S. The molecule has 0 unspecified atom stereocenters. The number of amides is 2. The summed E-state index contributed by atoms with van der Waals surface area (Å²) in [5.74, 6) is 0.621. The zero-order valence-corrected chi connectivity index (χ0v) is 19.6. The van der Waals surface area contributed by atoms with Crippen molar-refractivity contribution in [3.63, 3.8) is 0 Å². The number of carbonyl (C=O) groups is 2. The lowest BCUT2D eigenvalue weighted by molar-refractivity contribution is 0.0934. The fraction of sp³-hybridized carbons (Fsp3) is 0.375. The summed E-state index contributed by atoms with van der Waals surface area (Å²) in [7, 11) is 0. The van der Waals surface area contributed by atoms with Gasteiger partial charge in [-0.25, -0.2) is 0 Å². The van der Waals surface area contributed by atoms with Gasteiger partial charge in [-0.2, -0.15) is 0 Å². The SMILES string of the molecule is CCCCCCOc1ccc(C(=O)NNC(=S)NC(=O)c2ccc(OC(C)C)cc2)cc1. The Kier molecular flexibility index (Phi) is 10.5. The van der Waals surface area contributed by atoms with Crippen molar-refractivity contribution in [2.24, 2.45) is 0 Å². The molecule has 2 amide bonds. The summed E-state index contributed by atoms with van der Waals surface area (Å²) in [6.45, 7) is 6.68. The van der Waals surface area contributed by atoms with Gasteiger partial charge in [-0.3, -0.25) is 25.8 Å². The smallest absolute Gasteiger partial charge is 0.269 e. The molecule has 3 N–H and O–H groups in total. The Hall–Kier alpha value is -3.13. The predicted molar refractivity (Wildman–Crippen MR) is 129 cm³/mol. The molecule has 32 heavy (non-hydrogen) atoms. The maximum Gasteiger partial charge on any atom is 0.269 e. The number of hydrogen-bond donors (Lipinski definition) is 3. The number of carbonyl (C=O) groups excluding carboxylic acids is 2. The monoisotopic (exact) mass is 457 g/mol. The predicted octanol–water partition coefficient (Wildman–Crippen LogP) is 4.38. The zero-order chi connectivity index (χ0) is 23.3. The first kappa shape index (κ1) is 25.1. The molecule has 0 aliphatic heterocycles. The number of rotatable bonds is 10. The Labute approximate surface area is 194 Å². The van der Waals surface area contributed by atoms with E-state index in [2.05, 4.69) is 23.1 Å². The fourth-order valence-corrected chi connectivity index (χ4v) is 2.91. The average molecular weight is 458 g/mol. The van der Waals surface area contributed by atoms with Crippen LogP contribution >= 0.6 is 12.2 Å². The maximum absolute atomic E-state index is 12.3. The van der Waals surface area contributed by atoms with E-state index in [4.69, 9.17) is 21.7 Å². The second kappa shape index (κ2) is 13.3. The molecule has 2 aromatic rings. The number of unbranched alkanes of at least 4 members (excludes halogenated alkanes) is 3. The van der Waals surface area contributed by atoms with Gasteiger partial charge in [0.2, 0.25) is 0 Å². The molecule has 7 nitrogen and oxygen atoms in total. The summed E-state index contributed by atoms with van der Waals surface area (Å²) in [6.07, 6.45) is 4.61. The number of ether oxygens (including phenoxy) is 2. The van der Waals surface area contributed by atoms with Crippen molar-refractivity contribution >= 4 is 29.1 Å². The minimum Gasteiger partial charge on any atom is -0.494 e. The number of thiocarbonyl (C=S) groups is 1. The van der Waals surface area contributed by atoms with E-state index >= 15 is 0 Å². The normalized spacial score (nSPS) is 10.4. The van der Waals surface area contributed by atoms with Crippen LogP contribution in [0.3, 0.4) is 0 Å². The lowest BCUT2D eigenvalue weighted by Gasteiger charge is -2.12. The number of nitrogens with one attached hydrogen (secondary N) is 3. The largest absolute Gasteiger partial charge is 0.494 e. The molecule has 0 spiro atoms. The summed E-state index contributed by atoms with van der Waals surface area (Å²) >= 11 is 5.08. The van der Waals surface area contributed by atoms with Crippen molar-refractivity contribution in [3.8, 4) is 11.5 Å². The lowest BCUT2D eigenvalue weighted by Crippen LogP contribution is -2.48. The summed E-state index contributed by atoms with van der Waals surface area (Å²) in [5, 5.41) is 2.50. The van der Waals surface area contributed by atoms with Gasteiger partial charge in [0.05, 0.1) is 12.7 Å². The van der Waals surface area contributed by atoms with E-state index in [0.717, 1.165) is 18.6 Å². The maximum atomic E-state index is 12.3. The Bertz CT molecular complexity index is 883. The number of hydrogen-bond acceptors (Lipinski definition) is 5. The van der Waals surface area contributed by atoms with Crippen molar-refractivity contribution in [2.45, 2.75) is 52.6 Å². The topological polar surface area (TPSA) is 88.7 Å². The van der Waals surface area contributed by atoms with Crippen molar-refractivity contribution < 1.29 is 19.1 Å². The first-order chi connectivity index (χ1) is 15.4. The molecule has 0 aliphatic carbocycles. The molecule has 2 aromatic carbocycles. The van der Waals surface area contributed by atoms with Crippen LogP contribution in [0.25, 0.3) is 0 Å². The molecule has 0 aromatic heterocycles. The first-order valence-corrected chi connectivity index (χ1v) is 11.2. The Morgan fingerprint density at radius 2 is 1.44 bits per heavy atom. The van der Waals surface area contributed by atoms with Crippen LogP contribution in [-0.4, -0.2) is 29.6 Å². The molecule has 2 rings (SSSR count). The van der Waals surface area contributed by atoms with Crippen LogP contribution in [-0.2, 0) is 0 Å². The Morgan fingerprint density at radius 1 is 0.844 bits per heavy atom. The quantitative estimate of drug-likeness (QED) is 0.279. The standard InChI is InChI=1S/C24H31N3O4S/c1-4-5-6-7-16-30-20-12-8-19(9-13-20)23(29)26-27-24(32)25-22(28)18-10-14-21(15-11-18)31-17(2)3/h8-15,17H,4-7,16H2,1-3H3,(H,26,29)(H2,25,27,28,32). The third kappa shape index (κ3) is 8.93. The van der Waals surface area contributed by atoms with Crippen LogP contribution in [0, 0.1) is 0 Å². The number of hydrazine groups is 1. The van der Waals surface area contributed by atoms with Crippen LogP contribution in [0.1, 0.15) is 67.2 Å². The third-order valence-electron chi connectivity index (χ3n) is 4.39. The first-order valence-electron chi connectivity index (χ1n) is 10.8.